The van der Waals surface area contributed by atoms with Crippen molar-refractivity contribution in [1.29, 1.82) is 0 Å². The third-order valence-corrected chi connectivity index (χ3v) is 3.14. The molecule has 2 aromatic rings. The molecule has 0 spiro atoms. The van der Waals surface area contributed by atoms with Crippen molar-refractivity contribution in [2.75, 3.05) is 12.4 Å². The van der Waals surface area contributed by atoms with E-state index < -0.39 is 12.0 Å². The van der Waals surface area contributed by atoms with Crippen molar-refractivity contribution in [1.82, 2.24) is 19.9 Å². The van der Waals surface area contributed by atoms with E-state index in [1.54, 1.807) is 13.1 Å². The highest BCUT2D eigenvalue weighted by Gasteiger charge is 2.34. The Labute approximate surface area is 118 Å². The van der Waals surface area contributed by atoms with E-state index in [2.05, 4.69) is 25.3 Å². The highest BCUT2D eigenvalue weighted by molar-refractivity contribution is 5.60. The van der Waals surface area contributed by atoms with Crippen LogP contribution in [0.4, 0.5) is 19.0 Å². The van der Waals surface area contributed by atoms with Crippen LogP contribution >= 0.6 is 0 Å². The first-order valence-corrected chi connectivity index (χ1v) is 6.43. The van der Waals surface area contributed by atoms with Gasteiger partial charge in [-0.3, -0.25) is 0 Å². The second kappa shape index (κ2) is 4.94. The first-order chi connectivity index (χ1) is 9.97. The number of hydrogen-bond acceptors (Lipinski definition) is 5. The Bertz CT molecular complexity index is 650. The Morgan fingerprint density at radius 1 is 1.14 bits per heavy atom. The summed E-state index contributed by atoms with van der Waals surface area (Å²) < 4.78 is 37.4. The van der Waals surface area contributed by atoms with Gasteiger partial charge in [0.2, 0.25) is 5.82 Å². The molecule has 8 heteroatoms. The van der Waals surface area contributed by atoms with Crippen molar-refractivity contribution in [3.05, 3.63) is 30.1 Å². The average Bonchev–Trinajstić information content (AvgIpc) is 3.30. The van der Waals surface area contributed by atoms with Crippen LogP contribution in [-0.2, 0) is 6.18 Å². The number of nitrogens with zero attached hydrogens (tertiary/aromatic N) is 4. The number of anilines is 1. The van der Waals surface area contributed by atoms with Gasteiger partial charge in [-0.2, -0.15) is 13.2 Å². The molecule has 2 aromatic heterocycles. The summed E-state index contributed by atoms with van der Waals surface area (Å²) in [6.07, 6.45) is -0.200. The van der Waals surface area contributed by atoms with Crippen molar-refractivity contribution < 1.29 is 13.2 Å². The van der Waals surface area contributed by atoms with Crippen molar-refractivity contribution in [2.45, 2.75) is 24.9 Å². The van der Waals surface area contributed by atoms with Crippen LogP contribution in [0, 0.1) is 0 Å². The molecule has 0 amide bonds. The SMILES string of the molecule is CNc1cc(-c2cnc(C(F)(F)F)nc2)nc(C2CC2)n1. The largest absolute Gasteiger partial charge is 0.451 e. The molecule has 2 heterocycles. The van der Waals surface area contributed by atoms with E-state index >= 15 is 0 Å². The average molecular weight is 295 g/mol. The van der Waals surface area contributed by atoms with Gasteiger partial charge in [0.05, 0.1) is 5.69 Å². The zero-order valence-corrected chi connectivity index (χ0v) is 11.1. The topological polar surface area (TPSA) is 63.6 Å². The molecular weight excluding hydrogens is 283 g/mol. The van der Waals surface area contributed by atoms with Crippen LogP contribution in [-0.4, -0.2) is 27.0 Å². The van der Waals surface area contributed by atoms with E-state index in [4.69, 9.17) is 0 Å². The van der Waals surface area contributed by atoms with Gasteiger partial charge in [-0.15, -0.1) is 0 Å². The molecular formula is C13H12F3N5. The summed E-state index contributed by atoms with van der Waals surface area (Å²) in [4.78, 5) is 15.5. The van der Waals surface area contributed by atoms with E-state index in [1.165, 1.54) is 0 Å². The van der Waals surface area contributed by atoms with E-state index in [-0.39, 0.29) is 0 Å². The van der Waals surface area contributed by atoms with Gasteiger partial charge >= 0.3 is 6.18 Å². The van der Waals surface area contributed by atoms with Crippen LogP contribution in [0.5, 0.6) is 0 Å². The minimum atomic E-state index is -4.54. The summed E-state index contributed by atoms with van der Waals surface area (Å²) in [5.74, 6) is 0.516. The second-order valence-electron chi connectivity index (χ2n) is 4.81. The number of aromatic nitrogens is 4. The molecule has 0 unspecified atom stereocenters. The molecule has 1 fully saturated rings. The lowest BCUT2D eigenvalue weighted by Gasteiger charge is -2.08. The molecule has 5 nitrogen and oxygen atoms in total. The van der Waals surface area contributed by atoms with Gasteiger partial charge in [0, 0.05) is 37.0 Å². The molecule has 0 aromatic carbocycles. The summed E-state index contributed by atoms with van der Waals surface area (Å²) in [6, 6.07) is 1.66. The maximum absolute atomic E-state index is 12.5. The van der Waals surface area contributed by atoms with Crippen LogP contribution in [0.1, 0.15) is 30.4 Å². The van der Waals surface area contributed by atoms with Gasteiger partial charge in [-0.05, 0) is 12.8 Å². The lowest BCUT2D eigenvalue weighted by Crippen LogP contribution is -2.10. The zero-order valence-electron chi connectivity index (χ0n) is 11.1. The van der Waals surface area contributed by atoms with Gasteiger partial charge < -0.3 is 5.32 Å². The number of halogens is 3. The van der Waals surface area contributed by atoms with Crippen LogP contribution in [0.3, 0.4) is 0 Å². The summed E-state index contributed by atoms with van der Waals surface area (Å²) in [5.41, 5.74) is 0.953. The van der Waals surface area contributed by atoms with Crippen molar-refractivity contribution >= 4 is 5.82 Å². The molecule has 1 aliphatic carbocycles. The van der Waals surface area contributed by atoms with Crippen molar-refractivity contribution in [3.63, 3.8) is 0 Å². The van der Waals surface area contributed by atoms with Gasteiger partial charge in [0.25, 0.3) is 0 Å². The van der Waals surface area contributed by atoms with Crippen molar-refractivity contribution in [2.24, 2.45) is 0 Å². The first kappa shape index (κ1) is 13.7. The Hall–Kier alpha value is -2.25. The molecule has 0 bridgehead atoms. The summed E-state index contributed by atoms with van der Waals surface area (Å²) in [5, 5.41) is 2.92. The molecule has 21 heavy (non-hydrogen) atoms. The normalized spacial score (nSPS) is 15.0. The number of rotatable bonds is 3. The fraction of sp³-hybridized carbons (Fsp3) is 0.385. The Kier molecular flexibility index (Phi) is 3.23. The Balaban J connectivity index is 1.97. The summed E-state index contributed by atoms with van der Waals surface area (Å²) >= 11 is 0. The number of nitrogens with one attached hydrogen (secondary N) is 1. The third kappa shape index (κ3) is 2.93. The van der Waals surface area contributed by atoms with Crippen LogP contribution in [0.25, 0.3) is 11.3 Å². The Morgan fingerprint density at radius 3 is 2.33 bits per heavy atom. The van der Waals surface area contributed by atoms with Crippen molar-refractivity contribution in [3.8, 4) is 11.3 Å². The zero-order chi connectivity index (χ0) is 15.0. The molecule has 3 rings (SSSR count). The minimum absolute atomic E-state index is 0.340. The van der Waals surface area contributed by atoms with Crippen LogP contribution in [0.2, 0.25) is 0 Å². The van der Waals surface area contributed by atoms with E-state index in [0.29, 0.717) is 28.8 Å². The Morgan fingerprint density at radius 2 is 1.81 bits per heavy atom. The standard InChI is InChI=1S/C13H12F3N5/c1-17-10-4-9(20-11(21-10)7-2-3-7)8-5-18-12(19-6-8)13(14,15)16/h4-7H,2-3H2,1H3,(H,17,20,21). The molecule has 0 aliphatic heterocycles. The molecule has 0 saturated heterocycles. The van der Waals surface area contributed by atoms with Crippen LogP contribution in [0.15, 0.2) is 18.5 Å². The maximum atomic E-state index is 12.5. The predicted octanol–water partition coefficient (Wildman–Crippen LogP) is 2.87. The van der Waals surface area contributed by atoms with E-state index in [0.717, 1.165) is 25.2 Å². The summed E-state index contributed by atoms with van der Waals surface area (Å²) in [7, 11) is 1.73. The van der Waals surface area contributed by atoms with Gasteiger partial charge in [0.1, 0.15) is 11.6 Å². The lowest BCUT2D eigenvalue weighted by atomic mass is 10.2. The lowest BCUT2D eigenvalue weighted by molar-refractivity contribution is -0.144. The molecule has 1 saturated carbocycles. The van der Waals surface area contributed by atoms with Gasteiger partial charge in [-0.25, -0.2) is 19.9 Å². The fourth-order valence-corrected chi connectivity index (χ4v) is 1.87. The summed E-state index contributed by atoms with van der Waals surface area (Å²) in [6.45, 7) is 0. The van der Waals surface area contributed by atoms with Gasteiger partial charge in [-0.1, -0.05) is 0 Å². The first-order valence-electron chi connectivity index (χ1n) is 6.43. The quantitative estimate of drug-likeness (QED) is 0.943. The monoisotopic (exact) mass is 295 g/mol. The smallest absolute Gasteiger partial charge is 0.373 e. The van der Waals surface area contributed by atoms with E-state index in [9.17, 15) is 13.2 Å². The highest BCUT2D eigenvalue weighted by atomic mass is 19.4. The molecule has 0 radical (unpaired) electrons. The maximum Gasteiger partial charge on any atom is 0.451 e. The molecule has 1 aliphatic rings. The predicted molar refractivity (Wildman–Crippen MR) is 69.6 cm³/mol. The molecule has 1 N–H and O–H groups in total. The third-order valence-electron chi connectivity index (χ3n) is 3.14. The molecule has 110 valence electrons. The second-order valence-corrected chi connectivity index (χ2v) is 4.81. The number of hydrogen-bond donors (Lipinski definition) is 1. The molecule has 0 atom stereocenters. The fourth-order valence-electron chi connectivity index (χ4n) is 1.87. The van der Waals surface area contributed by atoms with Crippen LogP contribution < -0.4 is 5.32 Å². The van der Waals surface area contributed by atoms with E-state index in [1.807, 2.05) is 0 Å². The van der Waals surface area contributed by atoms with Gasteiger partial charge in [0.15, 0.2) is 0 Å². The highest BCUT2D eigenvalue weighted by Crippen LogP contribution is 2.39. The number of alkyl halides is 3. The minimum Gasteiger partial charge on any atom is -0.373 e.